The van der Waals surface area contributed by atoms with Gasteiger partial charge in [-0.05, 0) is 17.7 Å². The van der Waals surface area contributed by atoms with Crippen LogP contribution in [-0.2, 0) is 16.4 Å². The minimum atomic E-state index is -3.22. The van der Waals surface area contributed by atoms with Gasteiger partial charge < -0.3 is 0 Å². The van der Waals surface area contributed by atoms with E-state index in [1.165, 1.54) is 0 Å². The molecule has 0 aliphatic heterocycles. The molecule has 1 aromatic carbocycles. The fourth-order valence-electron chi connectivity index (χ4n) is 0.996. The van der Waals surface area contributed by atoms with E-state index in [2.05, 4.69) is 4.72 Å². The molecule has 74 valence electrons. The van der Waals surface area contributed by atoms with Crippen molar-refractivity contribution in [1.29, 1.82) is 5.26 Å². The summed E-state index contributed by atoms with van der Waals surface area (Å²) in [5.74, 6) is 0. The molecule has 5 heteroatoms. The van der Waals surface area contributed by atoms with Crippen LogP contribution in [0.5, 0.6) is 0 Å². The highest BCUT2D eigenvalue weighted by atomic mass is 32.2. The second-order valence-electron chi connectivity index (χ2n) is 2.91. The zero-order chi connectivity index (χ0) is 10.6. The van der Waals surface area contributed by atoms with Gasteiger partial charge >= 0.3 is 0 Å². The molecule has 4 nitrogen and oxygen atoms in total. The van der Waals surface area contributed by atoms with Crippen molar-refractivity contribution < 1.29 is 8.42 Å². The molecule has 0 radical (unpaired) electrons. The van der Waals surface area contributed by atoms with Gasteiger partial charge in [-0.3, -0.25) is 4.72 Å². The number of hydrogen-bond acceptors (Lipinski definition) is 3. The lowest BCUT2D eigenvalue weighted by atomic mass is 10.1. The number of hydrogen-bond donors (Lipinski definition) is 1. The Morgan fingerprint density at radius 2 is 1.93 bits per heavy atom. The zero-order valence-electron chi connectivity index (χ0n) is 7.69. The summed E-state index contributed by atoms with van der Waals surface area (Å²) in [6.07, 6.45) is 1.43. The van der Waals surface area contributed by atoms with Crippen LogP contribution in [0.3, 0.4) is 0 Å². The van der Waals surface area contributed by atoms with Crippen LogP contribution >= 0.6 is 0 Å². The molecule has 1 aromatic rings. The fraction of sp³-hybridized carbons (Fsp3) is 0.222. The van der Waals surface area contributed by atoms with Gasteiger partial charge in [-0.15, -0.1) is 0 Å². The highest BCUT2D eigenvalue weighted by molar-refractivity contribution is 7.92. The van der Waals surface area contributed by atoms with E-state index in [1.807, 2.05) is 6.07 Å². The second-order valence-corrected chi connectivity index (χ2v) is 4.65. The highest BCUT2D eigenvalue weighted by Gasteiger charge is 2.00. The number of rotatable bonds is 3. The van der Waals surface area contributed by atoms with Gasteiger partial charge in [0.1, 0.15) is 0 Å². The molecule has 0 heterocycles. The summed E-state index contributed by atoms with van der Waals surface area (Å²) in [6, 6.07) is 8.72. The molecule has 0 bridgehead atoms. The summed E-state index contributed by atoms with van der Waals surface area (Å²) in [7, 11) is -3.22. The average Bonchev–Trinajstić information content (AvgIpc) is 2.06. The van der Waals surface area contributed by atoms with E-state index in [4.69, 9.17) is 5.26 Å². The molecule has 0 saturated heterocycles. The first-order valence-corrected chi connectivity index (χ1v) is 5.84. The van der Waals surface area contributed by atoms with Gasteiger partial charge in [-0.2, -0.15) is 5.26 Å². The van der Waals surface area contributed by atoms with Crippen LogP contribution < -0.4 is 4.72 Å². The van der Waals surface area contributed by atoms with E-state index in [-0.39, 0.29) is 0 Å². The standard InChI is InChI=1S/C9H10N2O2S/c1-14(12,13)11-9-4-2-8(3-5-9)6-7-10/h2-5,11H,6H2,1H3. The Kier molecular flexibility index (Phi) is 3.10. The molecule has 0 aliphatic carbocycles. The number of benzene rings is 1. The summed E-state index contributed by atoms with van der Waals surface area (Å²) in [5, 5.41) is 8.41. The predicted octanol–water partition coefficient (Wildman–Crippen LogP) is 1.12. The van der Waals surface area contributed by atoms with Crippen molar-refractivity contribution in [2.75, 3.05) is 11.0 Å². The maximum Gasteiger partial charge on any atom is 0.229 e. The van der Waals surface area contributed by atoms with E-state index >= 15 is 0 Å². The predicted molar refractivity (Wildman–Crippen MR) is 54.2 cm³/mol. The van der Waals surface area contributed by atoms with Crippen molar-refractivity contribution >= 4 is 15.7 Å². The number of nitriles is 1. The minimum absolute atomic E-state index is 0.332. The Morgan fingerprint density at radius 1 is 1.36 bits per heavy atom. The van der Waals surface area contributed by atoms with Crippen LogP contribution in [0.1, 0.15) is 5.56 Å². The first-order chi connectivity index (χ1) is 6.51. The molecule has 0 fully saturated rings. The number of anilines is 1. The molecule has 0 atom stereocenters. The summed E-state index contributed by atoms with van der Waals surface area (Å²) in [5.41, 5.74) is 1.38. The molecule has 0 amide bonds. The summed E-state index contributed by atoms with van der Waals surface area (Å²) >= 11 is 0. The van der Waals surface area contributed by atoms with Gasteiger partial charge in [-0.1, -0.05) is 12.1 Å². The summed E-state index contributed by atoms with van der Waals surface area (Å²) in [6.45, 7) is 0. The lowest BCUT2D eigenvalue weighted by Crippen LogP contribution is -2.09. The first kappa shape index (κ1) is 10.5. The summed E-state index contributed by atoms with van der Waals surface area (Å²) < 4.78 is 24.0. The average molecular weight is 210 g/mol. The maximum atomic E-state index is 10.8. The fourth-order valence-corrected chi connectivity index (χ4v) is 1.56. The van der Waals surface area contributed by atoms with Crippen molar-refractivity contribution in [2.24, 2.45) is 0 Å². The Morgan fingerprint density at radius 3 is 2.36 bits per heavy atom. The maximum absolute atomic E-state index is 10.8. The number of nitrogens with zero attached hydrogens (tertiary/aromatic N) is 1. The van der Waals surface area contributed by atoms with E-state index in [0.717, 1.165) is 11.8 Å². The van der Waals surface area contributed by atoms with Crippen LogP contribution in [-0.4, -0.2) is 14.7 Å². The zero-order valence-corrected chi connectivity index (χ0v) is 8.50. The van der Waals surface area contributed by atoms with Gasteiger partial charge in [0, 0.05) is 5.69 Å². The monoisotopic (exact) mass is 210 g/mol. The molecular formula is C9H10N2O2S. The molecule has 0 aromatic heterocycles. The van der Waals surface area contributed by atoms with Gasteiger partial charge in [0.15, 0.2) is 0 Å². The van der Waals surface area contributed by atoms with Crippen molar-refractivity contribution in [3.05, 3.63) is 29.8 Å². The molecule has 14 heavy (non-hydrogen) atoms. The van der Waals surface area contributed by atoms with Crippen molar-refractivity contribution in [1.82, 2.24) is 0 Å². The molecule has 1 N–H and O–H groups in total. The van der Waals surface area contributed by atoms with Crippen LogP contribution in [0.15, 0.2) is 24.3 Å². The normalized spacial score (nSPS) is 10.6. The molecule has 1 rings (SSSR count). The van der Waals surface area contributed by atoms with Crippen LogP contribution in [0.4, 0.5) is 5.69 Å². The van der Waals surface area contributed by atoms with Gasteiger partial charge in [0.2, 0.25) is 10.0 Å². The third-order valence-electron chi connectivity index (χ3n) is 1.54. The van der Waals surface area contributed by atoms with Crippen LogP contribution in [0.25, 0.3) is 0 Å². The Labute approximate surface area is 83.2 Å². The van der Waals surface area contributed by atoms with E-state index < -0.39 is 10.0 Å². The minimum Gasteiger partial charge on any atom is -0.284 e. The molecule has 0 aliphatic rings. The Hall–Kier alpha value is -1.54. The number of sulfonamides is 1. The third-order valence-corrected chi connectivity index (χ3v) is 2.15. The summed E-state index contributed by atoms with van der Waals surface area (Å²) in [4.78, 5) is 0. The molecule has 0 spiro atoms. The topological polar surface area (TPSA) is 70.0 Å². The molecular weight excluding hydrogens is 200 g/mol. The second kappa shape index (κ2) is 4.11. The highest BCUT2D eigenvalue weighted by Crippen LogP contribution is 2.10. The van der Waals surface area contributed by atoms with E-state index in [9.17, 15) is 8.42 Å². The van der Waals surface area contributed by atoms with Crippen molar-refractivity contribution in [3.8, 4) is 6.07 Å². The molecule has 0 unspecified atom stereocenters. The van der Waals surface area contributed by atoms with Crippen molar-refractivity contribution in [2.45, 2.75) is 6.42 Å². The number of nitrogens with one attached hydrogen (secondary N) is 1. The van der Waals surface area contributed by atoms with E-state index in [1.54, 1.807) is 24.3 Å². The smallest absolute Gasteiger partial charge is 0.229 e. The van der Waals surface area contributed by atoms with Gasteiger partial charge in [-0.25, -0.2) is 8.42 Å². The van der Waals surface area contributed by atoms with Gasteiger partial charge in [0.05, 0.1) is 18.7 Å². The Bertz CT molecular complexity index is 443. The molecule has 0 saturated carbocycles. The van der Waals surface area contributed by atoms with Gasteiger partial charge in [0.25, 0.3) is 0 Å². The van der Waals surface area contributed by atoms with Crippen LogP contribution in [0.2, 0.25) is 0 Å². The Balaban J connectivity index is 2.80. The lowest BCUT2D eigenvalue weighted by molar-refractivity contribution is 0.607. The lowest BCUT2D eigenvalue weighted by Gasteiger charge is -2.03. The third kappa shape index (κ3) is 3.46. The SMILES string of the molecule is CS(=O)(=O)Nc1ccc(CC#N)cc1. The van der Waals surface area contributed by atoms with E-state index in [0.29, 0.717) is 12.1 Å². The largest absolute Gasteiger partial charge is 0.284 e. The first-order valence-electron chi connectivity index (χ1n) is 3.95. The van der Waals surface area contributed by atoms with Crippen LogP contribution in [0, 0.1) is 11.3 Å². The van der Waals surface area contributed by atoms with Crippen molar-refractivity contribution in [3.63, 3.8) is 0 Å². The quantitative estimate of drug-likeness (QED) is 0.812.